The second-order valence-corrected chi connectivity index (χ2v) is 7.03. The molecule has 2 nitrogen and oxygen atoms in total. The third kappa shape index (κ3) is 2.62. The molecule has 2 aliphatic rings. The van der Waals surface area contributed by atoms with E-state index in [1.54, 1.807) is 7.11 Å². The normalized spacial score (nSPS) is 29.6. The molecule has 110 valence electrons. The Kier molecular flexibility index (Phi) is 4.37. The molecule has 0 bridgehead atoms. The smallest absolute Gasteiger partial charge is 0.123 e. The second-order valence-electron chi connectivity index (χ2n) is 6.11. The topological polar surface area (TPSA) is 21.3 Å². The summed E-state index contributed by atoms with van der Waals surface area (Å²) in [5.41, 5.74) is 1.32. The van der Waals surface area contributed by atoms with Crippen LogP contribution in [0.15, 0.2) is 22.7 Å². The van der Waals surface area contributed by atoms with Crippen molar-refractivity contribution < 1.29 is 4.74 Å². The Morgan fingerprint density at radius 3 is 2.60 bits per heavy atom. The molecule has 20 heavy (non-hydrogen) atoms. The summed E-state index contributed by atoms with van der Waals surface area (Å²) in [5, 5.41) is 3.72. The highest BCUT2D eigenvalue weighted by Gasteiger charge is 2.54. The van der Waals surface area contributed by atoms with Gasteiger partial charge in [-0.1, -0.05) is 35.7 Å². The molecule has 3 atom stereocenters. The number of halogens is 1. The number of fused-ring (bicyclic) bond motifs is 1. The molecule has 3 rings (SSSR count). The lowest BCUT2D eigenvalue weighted by molar-refractivity contribution is 0.385. The Labute approximate surface area is 130 Å². The second kappa shape index (κ2) is 6.07. The lowest BCUT2D eigenvalue weighted by atomic mass is 9.98. The minimum absolute atomic E-state index is 0.445. The molecule has 1 aromatic carbocycles. The van der Waals surface area contributed by atoms with Crippen LogP contribution in [0.3, 0.4) is 0 Å². The van der Waals surface area contributed by atoms with Crippen molar-refractivity contribution in [1.82, 2.24) is 5.32 Å². The van der Waals surface area contributed by atoms with E-state index >= 15 is 0 Å². The summed E-state index contributed by atoms with van der Waals surface area (Å²) in [6.07, 6.45) is 5.69. The van der Waals surface area contributed by atoms with Gasteiger partial charge in [0.15, 0.2) is 0 Å². The summed E-state index contributed by atoms with van der Waals surface area (Å²) in [7, 11) is 1.77. The lowest BCUT2D eigenvalue weighted by Crippen LogP contribution is -2.24. The van der Waals surface area contributed by atoms with Gasteiger partial charge in [0.25, 0.3) is 0 Å². The molecule has 0 saturated heterocycles. The number of hydrogen-bond acceptors (Lipinski definition) is 2. The number of nitrogens with one attached hydrogen (secondary N) is 1. The van der Waals surface area contributed by atoms with Crippen LogP contribution in [0.25, 0.3) is 0 Å². The summed E-state index contributed by atoms with van der Waals surface area (Å²) in [6.45, 7) is 3.21. The van der Waals surface area contributed by atoms with Gasteiger partial charge in [-0.25, -0.2) is 0 Å². The maximum absolute atomic E-state index is 5.60. The van der Waals surface area contributed by atoms with Crippen LogP contribution >= 0.6 is 15.9 Å². The van der Waals surface area contributed by atoms with E-state index in [0.29, 0.717) is 6.04 Å². The first-order valence-electron chi connectivity index (χ1n) is 7.83. The van der Waals surface area contributed by atoms with Gasteiger partial charge in [0.05, 0.1) is 7.11 Å². The van der Waals surface area contributed by atoms with Crippen molar-refractivity contribution in [3.8, 4) is 5.75 Å². The van der Waals surface area contributed by atoms with E-state index in [4.69, 9.17) is 4.74 Å². The largest absolute Gasteiger partial charge is 0.496 e. The summed E-state index contributed by atoms with van der Waals surface area (Å²) in [5.74, 6) is 3.71. The Morgan fingerprint density at radius 1 is 1.30 bits per heavy atom. The highest BCUT2D eigenvalue weighted by molar-refractivity contribution is 9.10. The minimum Gasteiger partial charge on any atom is -0.496 e. The summed E-state index contributed by atoms with van der Waals surface area (Å²) >= 11 is 3.61. The number of rotatable bonds is 5. The SMILES string of the molecule is CCNC(c1cc(Br)ccc1OC)C1C2CCCCC21. The predicted molar refractivity (Wildman–Crippen MR) is 86.0 cm³/mol. The van der Waals surface area contributed by atoms with E-state index in [-0.39, 0.29) is 0 Å². The van der Waals surface area contributed by atoms with Gasteiger partial charge < -0.3 is 10.1 Å². The zero-order chi connectivity index (χ0) is 14.1. The van der Waals surface area contributed by atoms with Gasteiger partial charge in [0.1, 0.15) is 5.75 Å². The van der Waals surface area contributed by atoms with E-state index in [1.807, 2.05) is 0 Å². The van der Waals surface area contributed by atoms with Crippen LogP contribution in [-0.2, 0) is 0 Å². The standard InChI is InChI=1S/C17H24BrNO/c1-3-19-17(16-12-6-4-5-7-13(12)16)14-10-11(18)8-9-15(14)20-2/h8-10,12-13,16-17,19H,3-7H2,1-2H3. The molecule has 2 aliphatic carbocycles. The number of hydrogen-bond donors (Lipinski definition) is 1. The molecule has 1 aromatic rings. The molecule has 2 fully saturated rings. The zero-order valence-corrected chi connectivity index (χ0v) is 13.9. The van der Waals surface area contributed by atoms with Crippen LogP contribution in [-0.4, -0.2) is 13.7 Å². The highest BCUT2D eigenvalue weighted by atomic mass is 79.9. The molecule has 3 heteroatoms. The van der Waals surface area contributed by atoms with E-state index in [9.17, 15) is 0 Å². The third-order valence-corrected chi connectivity index (χ3v) is 5.55. The average molecular weight is 338 g/mol. The van der Waals surface area contributed by atoms with Crippen LogP contribution < -0.4 is 10.1 Å². The van der Waals surface area contributed by atoms with E-state index in [2.05, 4.69) is 46.4 Å². The van der Waals surface area contributed by atoms with Crippen molar-refractivity contribution >= 4 is 15.9 Å². The molecule has 2 saturated carbocycles. The highest BCUT2D eigenvalue weighted by Crippen LogP contribution is 2.61. The van der Waals surface area contributed by atoms with Crippen molar-refractivity contribution in [3.05, 3.63) is 28.2 Å². The molecule has 0 aliphatic heterocycles. The van der Waals surface area contributed by atoms with Crippen LogP contribution in [0.5, 0.6) is 5.75 Å². The van der Waals surface area contributed by atoms with Crippen molar-refractivity contribution in [1.29, 1.82) is 0 Å². The van der Waals surface area contributed by atoms with Crippen molar-refractivity contribution in [2.75, 3.05) is 13.7 Å². The molecule has 1 N–H and O–H groups in total. The maximum atomic E-state index is 5.60. The molecule has 3 unspecified atom stereocenters. The minimum atomic E-state index is 0.445. The molecule has 0 spiro atoms. The van der Waals surface area contributed by atoms with Gasteiger partial charge in [0.2, 0.25) is 0 Å². The average Bonchev–Trinajstić information content (AvgIpc) is 3.19. The van der Waals surface area contributed by atoms with Crippen molar-refractivity contribution in [3.63, 3.8) is 0 Å². The predicted octanol–water partition coefficient (Wildman–Crippen LogP) is 4.54. The first-order chi connectivity index (χ1) is 9.76. The number of benzene rings is 1. The van der Waals surface area contributed by atoms with Crippen LogP contribution in [0, 0.1) is 17.8 Å². The summed E-state index contributed by atoms with van der Waals surface area (Å²) < 4.78 is 6.74. The maximum Gasteiger partial charge on any atom is 0.123 e. The fourth-order valence-corrected chi connectivity index (χ4v) is 4.54. The van der Waals surface area contributed by atoms with Crippen molar-refractivity contribution in [2.45, 2.75) is 38.6 Å². The van der Waals surface area contributed by atoms with Crippen LogP contribution in [0.4, 0.5) is 0 Å². The van der Waals surface area contributed by atoms with E-state index < -0.39 is 0 Å². The van der Waals surface area contributed by atoms with Gasteiger partial charge in [0, 0.05) is 16.1 Å². The van der Waals surface area contributed by atoms with Crippen LogP contribution in [0.1, 0.15) is 44.2 Å². The van der Waals surface area contributed by atoms with Gasteiger partial charge in [-0.05, 0) is 55.3 Å². The van der Waals surface area contributed by atoms with Crippen LogP contribution in [0.2, 0.25) is 0 Å². The lowest BCUT2D eigenvalue weighted by Gasteiger charge is -2.22. The first-order valence-corrected chi connectivity index (χ1v) is 8.62. The summed E-state index contributed by atoms with van der Waals surface area (Å²) in [6, 6.07) is 6.82. The van der Waals surface area contributed by atoms with E-state index in [1.165, 1.54) is 31.2 Å². The monoisotopic (exact) mass is 337 g/mol. The zero-order valence-electron chi connectivity index (χ0n) is 12.4. The number of methoxy groups -OCH3 is 1. The quantitative estimate of drug-likeness (QED) is 0.851. The van der Waals surface area contributed by atoms with Gasteiger partial charge in [-0.3, -0.25) is 0 Å². The fourth-order valence-electron chi connectivity index (χ4n) is 4.16. The molecule has 0 radical (unpaired) electrons. The van der Waals surface area contributed by atoms with Gasteiger partial charge in [-0.2, -0.15) is 0 Å². The van der Waals surface area contributed by atoms with Crippen molar-refractivity contribution in [2.24, 2.45) is 17.8 Å². The van der Waals surface area contributed by atoms with Gasteiger partial charge in [-0.15, -0.1) is 0 Å². The Morgan fingerprint density at radius 2 is 2.00 bits per heavy atom. The van der Waals surface area contributed by atoms with Gasteiger partial charge >= 0.3 is 0 Å². The molecular weight excluding hydrogens is 314 g/mol. The first kappa shape index (κ1) is 14.4. The molecule has 0 heterocycles. The van der Waals surface area contributed by atoms with E-state index in [0.717, 1.165) is 34.5 Å². The summed E-state index contributed by atoms with van der Waals surface area (Å²) in [4.78, 5) is 0. The third-order valence-electron chi connectivity index (χ3n) is 5.06. The fraction of sp³-hybridized carbons (Fsp3) is 0.647. The molecular formula is C17H24BrNO. The Hall–Kier alpha value is -0.540. The Balaban J connectivity index is 1.89. The Bertz CT molecular complexity index is 464. The number of ether oxygens (including phenoxy) is 1. The molecule has 0 amide bonds. The molecule has 0 aromatic heterocycles.